The summed E-state index contributed by atoms with van der Waals surface area (Å²) in [6, 6.07) is 4.08. The molecule has 0 unspecified atom stereocenters. The Labute approximate surface area is 157 Å². The number of ketones is 1. The van der Waals surface area contributed by atoms with Crippen LogP contribution in [0.3, 0.4) is 0 Å². The Hall–Kier alpha value is -1.75. The quantitative estimate of drug-likeness (QED) is 0.433. The second-order valence-electron chi connectivity index (χ2n) is 6.80. The van der Waals surface area contributed by atoms with E-state index in [-0.39, 0.29) is 5.78 Å². The number of ether oxygens (including phenoxy) is 3. The summed E-state index contributed by atoms with van der Waals surface area (Å²) >= 11 is 0. The van der Waals surface area contributed by atoms with Crippen molar-refractivity contribution in [3.05, 3.63) is 17.7 Å². The molecule has 146 valence electrons. The Balaban J connectivity index is 2.08. The van der Waals surface area contributed by atoms with Crippen LogP contribution in [-0.4, -0.2) is 50.6 Å². The van der Waals surface area contributed by atoms with Gasteiger partial charge in [-0.2, -0.15) is 0 Å². The normalized spacial score (nSPS) is 17.3. The van der Waals surface area contributed by atoms with E-state index in [1.165, 1.54) is 12.8 Å². The summed E-state index contributed by atoms with van der Waals surface area (Å²) in [5, 5.41) is 0. The van der Waals surface area contributed by atoms with Gasteiger partial charge in [0.15, 0.2) is 17.3 Å². The van der Waals surface area contributed by atoms with E-state index in [0.29, 0.717) is 41.9 Å². The number of rotatable bonds is 11. The minimum absolute atomic E-state index is 0.129. The zero-order chi connectivity index (χ0) is 18.9. The van der Waals surface area contributed by atoms with Gasteiger partial charge in [0.25, 0.3) is 0 Å². The summed E-state index contributed by atoms with van der Waals surface area (Å²) in [5.74, 6) is 1.82. The number of carbonyl (C=O) groups excluding carboxylic acids is 1. The van der Waals surface area contributed by atoms with E-state index in [0.717, 1.165) is 32.4 Å². The van der Waals surface area contributed by atoms with Crippen LogP contribution in [0.2, 0.25) is 0 Å². The van der Waals surface area contributed by atoms with Crippen molar-refractivity contribution in [1.29, 1.82) is 0 Å². The zero-order valence-electron chi connectivity index (χ0n) is 16.7. The molecule has 0 amide bonds. The molecule has 0 aromatic heterocycles. The van der Waals surface area contributed by atoms with E-state index >= 15 is 0 Å². The fourth-order valence-corrected chi connectivity index (χ4v) is 3.58. The van der Waals surface area contributed by atoms with Crippen LogP contribution in [0.15, 0.2) is 12.1 Å². The molecule has 1 heterocycles. The highest BCUT2D eigenvalue weighted by atomic mass is 16.5. The lowest BCUT2D eigenvalue weighted by molar-refractivity contribution is 0.0967. The predicted octanol–water partition coefficient (Wildman–Crippen LogP) is 4.33. The van der Waals surface area contributed by atoms with Crippen molar-refractivity contribution >= 4 is 5.78 Å². The van der Waals surface area contributed by atoms with Crippen molar-refractivity contribution < 1.29 is 19.0 Å². The summed E-state index contributed by atoms with van der Waals surface area (Å²) < 4.78 is 16.7. The number of nitrogens with zero attached hydrogens (tertiary/aromatic N) is 1. The molecule has 2 rings (SSSR count). The second kappa shape index (κ2) is 10.4. The van der Waals surface area contributed by atoms with Crippen LogP contribution >= 0.6 is 0 Å². The fourth-order valence-electron chi connectivity index (χ4n) is 3.58. The number of benzene rings is 1. The Kier molecular flexibility index (Phi) is 8.23. The van der Waals surface area contributed by atoms with Crippen LogP contribution in [-0.2, 0) is 0 Å². The van der Waals surface area contributed by atoms with Crippen molar-refractivity contribution in [2.24, 2.45) is 0 Å². The maximum Gasteiger partial charge on any atom is 0.203 e. The first-order valence-corrected chi connectivity index (χ1v) is 9.80. The molecule has 0 bridgehead atoms. The molecule has 1 aromatic rings. The molecule has 1 atom stereocenters. The van der Waals surface area contributed by atoms with Crippen LogP contribution in [0.5, 0.6) is 17.2 Å². The molecule has 5 heteroatoms. The van der Waals surface area contributed by atoms with Crippen molar-refractivity contribution in [3.8, 4) is 17.2 Å². The largest absolute Gasteiger partial charge is 0.493 e. The summed E-state index contributed by atoms with van der Waals surface area (Å²) in [6.07, 6.45) is 5.89. The van der Waals surface area contributed by atoms with Crippen LogP contribution in [0.25, 0.3) is 0 Å². The molecule has 1 aromatic carbocycles. The standard InChI is InChI=1S/C21H33NO4/c1-5-7-13-26-21-19(24-3)14-16(15-20(21)25-4)18(23)11-10-17-9-8-12-22(17)6-2/h14-15,17H,5-13H2,1-4H3/t17-/m1/s1. The van der Waals surface area contributed by atoms with Gasteiger partial charge in [-0.1, -0.05) is 20.3 Å². The Morgan fingerprint density at radius 1 is 1.19 bits per heavy atom. The highest BCUT2D eigenvalue weighted by molar-refractivity contribution is 5.97. The van der Waals surface area contributed by atoms with Gasteiger partial charge in [0, 0.05) is 18.0 Å². The number of carbonyl (C=O) groups is 1. The Morgan fingerprint density at radius 3 is 2.46 bits per heavy atom. The summed E-state index contributed by atoms with van der Waals surface area (Å²) in [4.78, 5) is 15.2. The number of hydrogen-bond acceptors (Lipinski definition) is 5. The Morgan fingerprint density at radius 2 is 1.88 bits per heavy atom. The molecule has 0 N–H and O–H groups in total. The van der Waals surface area contributed by atoms with Crippen molar-refractivity contribution in [2.45, 2.75) is 58.4 Å². The topological polar surface area (TPSA) is 48.0 Å². The molecule has 1 fully saturated rings. The van der Waals surface area contributed by atoms with Gasteiger partial charge < -0.3 is 19.1 Å². The van der Waals surface area contributed by atoms with E-state index in [1.54, 1.807) is 26.4 Å². The lowest BCUT2D eigenvalue weighted by Gasteiger charge is -2.22. The third-order valence-corrected chi connectivity index (χ3v) is 5.14. The smallest absolute Gasteiger partial charge is 0.203 e. The maximum absolute atomic E-state index is 12.7. The minimum Gasteiger partial charge on any atom is -0.493 e. The molecule has 5 nitrogen and oxygen atoms in total. The number of Topliss-reactive ketones (excluding diaryl/α,β-unsaturated/α-hetero) is 1. The molecule has 0 aliphatic carbocycles. The molecule has 26 heavy (non-hydrogen) atoms. The molecule has 0 saturated carbocycles. The van der Waals surface area contributed by atoms with Crippen LogP contribution < -0.4 is 14.2 Å². The van der Waals surface area contributed by atoms with E-state index < -0.39 is 0 Å². The molecular formula is C21H33NO4. The highest BCUT2D eigenvalue weighted by Gasteiger charge is 2.24. The summed E-state index contributed by atoms with van der Waals surface area (Å²) in [7, 11) is 3.18. The molecule has 1 aliphatic heterocycles. The predicted molar refractivity (Wildman–Crippen MR) is 104 cm³/mol. The first-order chi connectivity index (χ1) is 12.6. The molecule has 0 spiro atoms. The van der Waals surface area contributed by atoms with E-state index in [9.17, 15) is 4.79 Å². The average molecular weight is 363 g/mol. The third kappa shape index (κ3) is 5.13. The maximum atomic E-state index is 12.7. The van der Waals surface area contributed by atoms with Gasteiger partial charge >= 0.3 is 0 Å². The highest BCUT2D eigenvalue weighted by Crippen LogP contribution is 2.39. The second-order valence-corrected chi connectivity index (χ2v) is 6.80. The van der Waals surface area contributed by atoms with Gasteiger partial charge in [-0.15, -0.1) is 0 Å². The monoisotopic (exact) mass is 363 g/mol. The average Bonchev–Trinajstić information content (AvgIpc) is 3.13. The van der Waals surface area contributed by atoms with E-state index in [2.05, 4.69) is 18.7 Å². The van der Waals surface area contributed by atoms with E-state index in [4.69, 9.17) is 14.2 Å². The van der Waals surface area contributed by atoms with Gasteiger partial charge in [0.2, 0.25) is 5.75 Å². The Bertz CT molecular complexity index is 562. The third-order valence-electron chi connectivity index (χ3n) is 5.14. The van der Waals surface area contributed by atoms with E-state index in [1.807, 2.05) is 0 Å². The first-order valence-electron chi connectivity index (χ1n) is 9.80. The number of hydrogen-bond donors (Lipinski definition) is 0. The van der Waals surface area contributed by atoms with Gasteiger partial charge in [-0.05, 0) is 50.9 Å². The molecular weight excluding hydrogens is 330 g/mol. The van der Waals surface area contributed by atoms with Gasteiger partial charge in [-0.25, -0.2) is 0 Å². The summed E-state index contributed by atoms with van der Waals surface area (Å²) in [5.41, 5.74) is 0.627. The zero-order valence-corrected chi connectivity index (χ0v) is 16.7. The number of unbranched alkanes of at least 4 members (excludes halogenated alkanes) is 1. The van der Waals surface area contributed by atoms with Crippen LogP contribution in [0.4, 0.5) is 0 Å². The van der Waals surface area contributed by atoms with Gasteiger partial charge in [0.1, 0.15) is 0 Å². The fraction of sp³-hybridized carbons (Fsp3) is 0.667. The molecule has 1 aliphatic rings. The lowest BCUT2D eigenvalue weighted by atomic mass is 10.0. The number of likely N-dealkylation sites (tertiary alicyclic amines) is 1. The van der Waals surface area contributed by atoms with Crippen LogP contribution in [0, 0.1) is 0 Å². The molecule has 0 radical (unpaired) electrons. The van der Waals surface area contributed by atoms with Crippen molar-refractivity contribution in [3.63, 3.8) is 0 Å². The van der Waals surface area contributed by atoms with Gasteiger partial charge in [0.05, 0.1) is 20.8 Å². The van der Waals surface area contributed by atoms with Crippen LogP contribution in [0.1, 0.15) is 62.7 Å². The van der Waals surface area contributed by atoms with Gasteiger partial charge in [-0.3, -0.25) is 4.79 Å². The van der Waals surface area contributed by atoms with Crippen molar-refractivity contribution in [1.82, 2.24) is 4.90 Å². The molecule has 1 saturated heterocycles. The van der Waals surface area contributed by atoms with Crippen molar-refractivity contribution in [2.75, 3.05) is 33.9 Å². The minimum atomic E-state index is 0.129. The summed E-state index contributed by atoms with van der Waals surface area (Å²) in [6.45, 7) is 7.12. The SMILES string of the molecule is CCCCOc1c(OC)cc(C(=O)CC[C@H]2CCCN2CC)cc1OC. The lowest BCUT2D eigenvalue weighted by Crippen LogP contribution is -2.29. The first kappa shape index (κ1) is 20.6. The number of methoxy groups -OCH3 is 2.